The molecule has 3 aromatic carbocycles. The number of nitrogens with two attached hydrogens (primary N) is 5. The maximum atomic E-state index is 14.9. The highest BCUT2D eigenvalue weighted by Gasteiger charge is 2.40. The van der Waals surface area contributed by atoms with Crippen LogP contribution in [0.2, 0.25) is 0 Å². The molecule has 0 saturated carbocycles. The molecule has 4 heterocycles. The predicted octanol–water partition coefficient (Wildman–Crippen LogP) is -8.88. The summed E-state index contributed by atoms with van der Waals surface area (Å²) in [6.45, 7) is 3.72. The number of carbonyl (C=O) groups excluding carboxylic acids is 20. The number of aromatic amines is 4. The number of carbonyl (C=O) groups is 21. The minimum atomic E-state index is -1.95. The zero-order valence-electron chi connectivity index (χ0n) is 76.8. The highest BCUT2D eigenvalue weighted by atomic mass is 32.1. The first-order valence-electron chi connectivity index (χ1n) is 44.1. The highest BCUT2D eigenvalue weighted by Crippen LogP contribution is 2.23. The van der Waals surface area contributed by atoms with Crippen LogP contribution in [-0.4, -0.2) is 297 Å². The van der Waals surface area contributed by atoms with Crippen molar-refractivity contribution in [2.24, 2.45) is 40.5 Å². The number of aliphatic carboxylic acids is 1. The van der Waals surface area contributed by atoms with Crippen LogP contribution in [0.3, 0.4) is 0 Å². The van der Waals surface area contributed by atoms with Crippen LogP contribution in [0.1, 0.15) is 94.3 Å². The topological polar surface area (TPSA) is 831 Å². The number of aromatic nitrogens is 6. The van der Waals surface area contributed by atoms with E-state index in [0.717, 1.165) is 0 Å². The maximum Gasteiger partial charge on any atom is 0.326 e. The van der Waals surface area contributed by atoms with Gasteiger partial charge in [-0.2, -0.15) is 37.9 Å². The van der Waals surface area contributed by atoms with Gasteiger partial charge in [0, 0.05) is 107 Å². The number of primary amides is 4. The molecule has 0 spiro atoms. The average Bonchev–Trinajstić information content (AvgIpc) is 1.74. The summed E-state index contributed by atoms with van der Waals surface area (Å²) in [7, 11) is 0. The lowest BCUT2D eigenvalue weighted by molar-refractivity contribution is -0.142. The molecule has 16 atom stereocenters. The Kier molecular flexibility index (Phi) is 44.3. The van der Waals surface area contributed by atoms with Gasteiger partial charge in [-0.1, -0.05) is 82.6 Å². The number of carboxylic acid groups (broad SMARTS) is 1. The number of phenols is 1. The third-order valence-electron chi connectivity index (χ3n) is 21.8. The van der Waals surface area contributed by atoms with E-state index in [1.165, 1.54) is 56.2 Å². The molecule has 51 nitrogen and oxygen atoms in total. The number of thiol groups is 3. The maximum absolute atomic E-state index is 14.9. The molecule has 0 aliphatic carbocycles. The van der Waals surface area contributed by atoms with E-state index >= 15 is 0 Å². The second kappa shape index (κ2) is 55.4. The van der Waals surface area contributed by atoms with E-state index in [9.17, 15) is 116 Å². The van der Waals surface area contributed by atoms with Crippen LogP contribution in [0.5, 0.6) is 5.75 Å². The Morgan fingerprint density at radius 1 is 0.376 bits per heavy atom. The molecule has 7 aromatic rings. The summed E-state index contributed by atoms with van der Waals surface area (Å²) in [4.78, 5) is 306. The van der Waals surface area contributed by atoms with E-state index in [4.69, 9.17) is 28.7 Å². The SMILES string of the molecule is CC[C@H](C)[C@H](NC(=O)[C@H](CC(N)=O)NC(=O)[C@H](CS)NC(=O)[C@H](CC(N)=O)NC(=O)[C@H](CS)NC(=O)[C@H](Cc1c[nH]c2ccccc12)NC(=O)[C@H](Cc1ccc(O)cc1)NC(=O)[C@@H](N)CC(N)=O)C(=O)N[C@@H](Cc1c[nH]c2ccccc12)C(=O)NCC(=O)N[C@@H](CC(C)C)C(=O)N[C@@H](Cc1cnc[nH]1)C(=O)NCC(=O)N[C@@H](CS)C(=O)N[C@@H](CC(N)=O)C(=O)N[C@@H](CO)C(=O)N[C@@H](Cc1cnc[nH]1)C(=O)O. The molecule has 54 heteroatoms. The van der Waals surface area contributed by atoms with Crippen LogP contribution in [0, 0.1) is 11.8 Å². The number of para-hydroxylation sites is 2. The first-order valence-corrected chi connectivity index (χ1v) is 46.0. The Hall–Kier alpha value is -15.2. The third kappa shape index (κ3) is 36.0. The van der Waals surface area contributed by atoms with Gasteiger partial charge in [-0.3, -0.25) is 95.9 Å². The Morgan fingerprint density at radius 3 is 1.13 bits per heavy atom. The van der Waals surface area contributed by atoms with Crippen molar-refractivity contribution in [1.29, 1.82) is 0 Å². The number of H-pyrrole nitrogens is 4. The second-order valence-electron chi connectivity index (χ2n) is 33.3. The number of phenolic OH excluding ortho intramolecular Hbond substituents is 1. The van der Waals surface area contributed by atoms with Crippen molar-refractivity contribution in [3.8, 4) is 5.75 Å². The van der Waals surface area contributed by atoms with Crippen LogP contribution in [0.15, 0.2) is 110 Å². The molecule has 20 amide bonds. The lowest BCUT2D eigenvalue weighted by Crippen LogP contribution is -2.62. The van der Waals surface area contributed by atoms with Crippen molar-refractivity contribution >= 4 is 184 Å². The lowest BCUT2D eigenvalue weighted by atomic mass is 9.96. The van der Waals surface area contributed by atoms with Gasteiger partial charge in [0.1, 0.15) is 90.3 Å². The van der Waals surface area contributed by atoms with Gasteiger partial charge in [-0.15, -0.1) is 0 Å². The molecular formula is C87H117N27O24S3. The number of aliphatic hydroxyl groups is 1. The number of fused-ring (bicyclic) bond motifs is 2. The molecule has 0 fully saturated rings. The summed E-state index contributed by atoms with van der Waals surface area (Å²) in [5.74, 6) is -26.3. The minimum absolute atomic E-state index is 0.0903. The van der Waals surface area contributed by atoms with Crippen molar-refractivity contribution in [2.45, 2.75) is 189 Å². The summed E-state index contributed by atoms with van der Waals surface area (Å²) >= 11 is 12.6. The second-order valence-corrected chi connectivity index (χ2v) is 34.4. The Bertz CT molecular complexity index is 5610. The normalized spacial score (nSPS) is 14.6. The first-order chi connectivity index (χ1) is 66.9. The van der Waals surface area contributed by atoms with E-state index in [-0.39, 0.29) is 62.3 Å². The fourth-order valence-electron chi connectivity index (χ4n) is 14.2. The fraction of sp³-hybridized carbons (Fsp3) is 0.437. The monoisotopic (exact) mass is 2020 g/mol. The number of amides is 20. The number of aromatic hydroxyl groups is 1. The lowest BCUT2D eigenvalue weighted by Gasteiger charge is -2.29. The molecule has 4 aromatic heterocycles. The van der Waals surface area contributed by atoms with Crippen molar-refractivity contribution in [2.75, 3.05) is 37.0 Å². The van der Waals surface area contributed by atoms with Crippen LogP contribution < -0.4 is 114 Å². The smallest absolute Gasteiger partial charge is 0.326 e. The molecule has 0 aliphatic heterocycles. The number of nitrogens with one attached hydrogen (secondary N) is 20. The summed E-state index contributed by atoms with van der Waals surface area (Å²) in [5.41, 5.74) is 31.0. The molecule has 7 rings (SSSR count). The van der Waals surface area contributed by atoms with Gasteiger partial charge in [-0.05, 0) is 59.2 Å². The van der Waals surface area contributed by atoms with E-state index in [2.05, 4.69) is 153 Å². The molecule has 762 valence electrons. The number of nitrogens with zero attached hydrogens (tertiary/aromatic N) is 2. The summed E-state index contributed by atoms with van der Waals surface area (Å²) in [6.07, 6.45) is 3.48. The van der Waals surface area contributed by atoms with Gasteiger partial charge in [0.15, 0.2) is 0 Å². The molecule has 0 unspecified atom stereocenters. The Morgan fingerprint density at radius 2 is 0.716 bits per heavy atom. The molecule has 0 radical (unpaired) electrons. The van der Waals surface area contributed by atoms with Gasteiger partial charge in [0.25, 0.3) is 0 Å². The van der Waals surface area contributed by atoms with E-state index in [0.29, 0.717) is 44.2 Å². The Labute approximate surface area is 821 Å². The summed E-state index contributed by atoms with van der Waals surface area (Å²) in [6, 6.07) is -5.79. The predicted molar refractivity (Wildman–Crippen MR) is 512 cm³/mol. The molecule has 33 N–H and O–H groups in total. The number of hydrogen-bond acceptors (Lipinski definition) is 29. The van der Waals surface area contributed by atoms with Gasteiger partial charge in [0.2, 0.25) is 118 Å². The number of aliphatic hydroxyl groups excluding tert-OH is 1. The summed E-state index contributed by atoms with van der Waals surface area (Å²) in [5, 5.41) is 69.4. The third-order valence-corrected chi connectivity index (χ3v) is 22.9. The van der Waals surface area contributed by atoms with Gasteiger partial charge in [0.05, 0.1) is 64.1 Å². The van der Waals surface area contributed by atoms with Crippen LogP contribution >= 0.6 is 37.9 Å². The van der Waals surface area contributed by atoms with Gasteiger partial charge < -0.3 is 149 Å². The van der Waals surface area contributed by atoms with Crippen LogP contribution in [-0.2, 0) is 133 Å². The molecule has 0 bridgehead atoms. The first kappa shape index (κ1) is 113. The van der Waals surface area contributed by atoms with Crippen LogP contribution in [0.25, 0.3) is 21.8 Å². The minimum Gasteiger partial charge on any atom is -0.508 e. The Balaban J connectivity index is 1.01. The number of rotatable bonds is 59. The number of benzene rings is 3. The van der Waals surface area contributed by atoms with Crippen molar-refractivity contribution in [3.05, 3.63) is 138 Å². The van der Waals surface area contributed by atoms with E-state index in [1.807, 2.05) is 0 Å². The van der Waals surface area contributed by atoms with Crippen molar-refractivity contribution in [1.82, 2.24) is 115 Å². The van der Waals surface area contributed by atoms with Crippen molar-refractivity contribution < 1.29 is 116 Å². The van der Waals surface area contributed by atoms with Crippen LogP contribution in [0.4, 0.5) is 0 Å². The zero-order chi connectivity index (χ0) is 104. The summed E-state index contributed by atoms with van der Waals surface area (Å²) < 4.78 is 0. The number of carboxylic acids is 1. The zero-order valence-corrected chi connectivity index (χ0v) is 79.4. The fourth-order valence-corrected chi connectivity index (χ4v) is 15.0. The standard InChI is InChI=1S/C87H117N27O24S3/c1-5-41(4)72(114-81(131)60(27-69(92)120)108-85(135)65(37-141)113-80(130)59(26-68(91)119)107-84(134)64(36-140)112-78(128)56(21-44-29-96-52-13-9-7-11-49(44)52)104-77(127)54(19-42-14-16-47(116)17-15-42)103-73(123)50(88)24-66(89)117)86(136)109-55(20-43-28-95-51-12-8-6-10-48(43)51)74(124)97-32-70(121)101-53(18-40(2)3)76(126)105-57(22-45-30-93-38-99-45)75(125)98-33-71(122)102-63(35-139)83(133)106-58(25-67(90)118)79(129)111-62(34-115)82(132)110-61(87(137)138)23-46-31-94-39-100-46/h6-17,28-31,38-41,50,53-65,72,95-96,115-116,139-141H,5,18-27,32-37,88H2,1-4H3,(H2,89,117)(H2,90,118)(H2,91,119)(H2,92,120)(H,93,99)(H,94,100)(H,97,124)(H,98,125)(H,101,121)(H,102,122)(H,103,123)(H,104,127)(H,105,126)(H,106,133)(H,107,134)(H,108,135)(H,109,136)(H,110,132)(H,111,129)(H,112,128)(H,113,130)(H,114,131)(H,137,138)/t41-,50-,53-,54-,55-,56-,57-,58-,59-,60-,61-,62-,63-,64-,65-,72-/m0/s1. The number of hydrogen-bond donors (Lipinski definition) is 31. The average molecular weight is 2020 g/mol. The quantitative estimate of drug-likeness (QED) is 0.0157. The van der Waals surface area contributed by atoms with Crippen molar-refractivity contribution in [3.63, 3.8) is 0 Å². The molecule has 0 saturated heterocycles. The van der Waals surface area contributed by atoms with Gasteiger partial charge >= 0.3 is 5.97 Å². The molecular weight excluding hydrogens is 1900 g/mol. The molecule has 141 heavy (non-hydrogen) atoms. The van der Waals surface area contributed by atoms with E-state index < -0.39 is 283 Å². The number of imidazole rings is 2. The van der Waals surface area contributed by atoms with Gasteiger partial charge in [-0.25, -0.2) is 14.8 Å². The largest absolute Gasteiger partial charge is 0.508 e. The molecule has 0 aliphatic rings. The highest BCUT2D eigenvalue weighted by molar-refractivity contribution is 7.80. The van der Waals surface area contributed by atoms with E-state index in [1.54, 1.807) is 81.7 Å².